The molecule has 14 heteroatoms. The lowest BCUT2D eigenvalue weighted by molar-refractivity contribution is -0.159. The van der Waals surface area contributed by atoms with Crippen LogP contribution in [0.3, 0.4) is 0 Å². The summed E-state index contributed by atoms with van der Waals surface area (Å²) in [5, 5.41) is 60.2. The number of amides is 1. The minimum Gasteiger partial charge on any atom is -0.481 e. The summed E-state index contributed by atoms with van der Waals surface area (Å²) < 4.78 is 10.1. The van der Waals surface area contributed by atoms with Gasteiger partial charge in [-0.05, 0) is 38.3 Å². The molecule has 264 valence electrons. The van der Waals surface area contributed by atoms with E-state index in [1.54, 1.807) is 50.3 Å². The van der Waals surface area contributed by atoms with Gasteiger partial charge in [0, 0.05) is 29.9 Å². The zero-order valence-electron chi connectivity index (χ0n) is 26.6. The van der Waals surface area contributed by atoms with E-state index >= 15 is 0 Å². The van der Waals surface area contributed by atoms with Gasteiger partial charge < -0.3 is 45.8 Å². The summed E-state index contributed by atoms with van der Waals surface area (Å²) in [6.45, 7) is 5.18. The highest BCUT2D eigenvalue weighted by atomic mass is 35.5. The van der Waals surface area contributed by atoms with Crippen molar-refractivity contribution in [1.29, 1.82) is 0 Å². The van der Waals surface area contributed by atoms with Gasteiger partial charge in [-0.15, -0.1) is 11.6 Å². The summed E-state index contributed by atoms with van der Waals surface area (Å²) in [4.78, 5) is 34.4. The first-order chi connectivity index (χ1) is 22.1. The molecule has 1 saturated carbocycles. The molecule has 1 aliphatic carbocycles. The van der Waals surface area contributed by atoms with Crippen LogP contribution in [0.15, 0.2) is 71.4 Å². The maximum Gasteiger partial charge on any atom is 0.405 e. The minimum atomic E-state index is -1.69. The van der Waals surface area contributed by atoms with E-state index in [-0.39, 0.29) is 17.9 Å². The van der Waals surface area contributed by atoms with E-state index < -0.39 is 84.4 Å². The Morgan fingerprint density at radius 1 is 0.979 bits per heavy atom. The molecule has 0 aliphatic heterocycles. The molecule has 0 spiro atoms. The standard InChI is InChI=1S/C33H47Cl2NO11/c1-4-5-13-26(47-33(36)45)29(35)24(38)18-25(39)31(42)30(41)20(3)22(34)12-8-6-10-19(2)11-7-9-14-28(40)46-27-17-21(32(43)44)15-16-23(27)37/h5-14,20-21,23-27,29-31,37-39,41-42H,4,15-18H2,1-3H3,(H2,36,45)(H,43,44)/b8-6+,11-7+,13-5+,14-9+,19-10+,22-12-/t20-,21+,23+,24-,25?,26-,27-,29+,30-,31-/m1/s1. The first kappa shape index (κ1) is 42.1. The van der Waals surface area contributed by atoms with Crippen molar-refractivity contribution < 1.29 is 54.5 Å². The van der Waals surface area contributed by atoms with E-state index in [0.29, 0.717) is 12.8 Å². The van der Waals surface area contributed by atoms with Gasteiger partial charge >= 0.3 is 18.0 Å². The molecule has 0 aromatic carbocycles. The summed E-state index contributed by atoms with van der Waals surface area (Å²) in [6.07, 6.45) is 6.21. The van der Waals surface area contributed by atoms with Crippen molar-refractivity contribution >= 4 is 41.2 Å². The zero-order valence-corrected chi connectivity index (χ0v) is 28.2. The highest BCUT2D eigenvalue weighted by Gasteiger charge is 2.36. The smallest absolute Gasteiger partial charge is 0.405 e. The Bertz CT molecular complexity index is 1200. The fourth-order valence-electron chi connectivity index (χ4n) is 4.59. The maximum atomic E-state index is 12.1. The Labute approximate surface area is 285 Å². The third-order valence-electron chi connectivity index (χ3n) is 7.47. The van der Waals surface area contributed by atoms with Crippen LogP contribution in [0.2, 0.25) is 0 Å². The van der Waals surface area contributed by atoms with Gasteiger partial charge in [0.05, 0.1) is 30.3 Å². The van der Waals surface area contributed by atoms with Gasteiger partial charge in [0.2, 0.25) is 0 Å². The average molecular weight is 705 g/mol. The van der Waals surface area contributed by atoms with Crippen molar-refractivity contribution in [3.8, 4) is 0 Å². The number of hydrogen-bond donors (Lipinski definition) is 7. The molecule has 0 aromatic rings. The molecule has 1 aliphatic rings. The lowest BCUT2D eigenvalue weighted by Crippen LogP contribution is -2.45. The predicted octanol–water partition coefficient (Wildman–Crippen LogP) is 3.39. The number of aliphatic hydroxyl groups excluding tert-OH is 5. The molecular weight excluding hydrogens is 657 g/mol. The van der Waals surface area contributed by atoms with Gasteiger partial charge in [-0.25, -0.2) is 9.59 Å². The molecule has 0 aromatic heterocycles. The van der Waals surface area contributed by atoms with Gasteiger partial charge in [-0.2, -0.15) is 0 Å². The van der Waals surface area contributed by atoms with E-state index in [1.165, 1.54) is 24.3 Å². The molecule has 0 heterocycles. The van der Waals surface area contributed by atoms with E-state index in [4.69, 9.17) is 43.5 Å². The Balaban J connectivity index is 2.65. The molecule has 8 N–H and O–H groups in total. The Kier molecular flexibility index (Phi) is 19.5. The molecule has 10 atom stereocenters. The number of aliphatic carboxylic acids is 1. The van der Waals surface area contributed by atoms with Crippen LogP contribution in [-0.2, 0) is 19.1 Å². The maximum absolute atomic E-state index is 12.1. The number of ether oxygens (including phenoxy) is 2. The number of carboxylic acids is 1. The molecule has 1 rings (SSSR count). The molecule has 47 heavy (non-hydrogen) atoms. The first-order valence-electron chi connectivity index (χ1n) is 15.2. The molecule has 0 saturated heterocycles. The number of allylic oxidation sites excluding steroid dienone is 9. The van der Waals surface area contributed by atoms with Crippen molar-refractivity contribution in [2.75, 3.05) is 0 Å². The van der Waals surface area contributed by atoms with Crippen LogP contribution in [0, 0.1) is 11.8 Å². The second-order valence-electron chi connectivity index (χ2n) is 11.3. The number of alkyl halides is 1. The number of primary amides is 1. The molecule has 1 amide bonds. The van der Waals surface area contributed by atoms with E-state index in [2.05, 4.69) is 0 Å². The van der Waals surface area contributed by atoms with E-state index in [1.807, 2.05) is 6.92 Å². The first-order valence-corrected chi connectivity index (χ1v) is 16.1. The molecule has 0 bridgehead atoms. The van der Waals surface area contributed by atoms with E-state index in [9.17, 15) is 39.9 Å². The summed E-state index contributed by atoms with van der Waals surface area (Å²) in [5.74, 6) is -3.13. The molecule has 1 fully saturated rings. The largest absolute Gasteiger partial charge is 0.481 e. The third-order valence-corrected chi connectivity index (χ3v) is 8.48. The fraction of sp³-hybridized carbons (Fsp3) is 0.545. The number of halogens is 2. The third kappa shape index (κ3) is 15.7. The summed E-state index contributed by atoms with van der Waals surface area (Å²) in [6, 6.07) is 0. The molecule has 12 nitrogen and oxygen atoms in total. The van der Waals surface area contributed by atoms with Crippen molar-refractivity contribution in [3.05, 3.63) is 71.4 Å². The number of carboxylic acid groups (broad SMARTS) is 1. The monoisotopic (exact) mass is 703 g/mol. The number of nitrogens with two attached hydrogens (primary N) is 1. The Morgan fingerprint density at radius 2 is 1.62 bits per heavy atom. The normalized spacial score (nSPS) is 24.3. The van der Waals surface area contributed by atoms with Gasteiger partial charge in [0.1, 0.15) is 23.7 Å². The molecule has 0 radical (unpaired) electrons. The number of hydrogen-bond acceptors (Lipinski definition) is 10. The Hall–Kier alpha value is -2.97. The van der Waals surface area contributed by atoms with Gasteiger partial charge in [0.25, 0.3) is 0 Å². The predicted molar refractivity (Wildman–Crippen MR) is 177 cm³/mol. The molecule has 1 unspecified atom stereocenters. The number of aliphatic hydroxyl groups is 5. The van der Waals surface area contributed by atoms with Crippen molar-refractivity contribution in [3.63, 3.8) is 0 Å². The van der Waals surface area contributed by atoms with Crippen LogP contribution in [0.1, 0.15) is 52.9 Å². The average Bonchev–Trinajstić information content (AvgIpc) is 3.02. The summed E-state index contributed by atoms with van der Waals surface area (Å²) in [5.41, 5.74) is 5.86. The van der Waals surface area contributed by atoms with Crippen molar-refractivity contribution in [2.24, 2.45) is 17.6 Å². The van der Waals surface area contributed by atoms with Crippen LogP contribution in [0.25, 0.3) is 0 Å². The van der Waals surface area contributed by atoms with Crippen LogP contribution in [-0.4, -0.2) is 96.8 Å². The van der Waals surface area contributed by atoms with Gasteiger partial charge in [0.15, 0.2) is 0 Å². The topological polar surface area (TPSA) is 217 Å². The zero-order chi connectivity index (χ0) is 35.7. The van der Waals surface area contributed by atoms with Crippen molar-refractivity contribution in [1.82, 2.24) is 0 Å². The number of rotatable bonds is 18. The summed E-state index contributed by atoms with van der Waals surface area (Å²) in [7, 11) is 0. The van der Waals surface area contributed by atoms with Crippen LogP contribution in [0.4, 0.5) is 4.79 Å². The minimum absolute atomic E-state index is 0.0622. The SMILES string of the molecule is CC/C=C/[C@@H](OC(N)=O)[C@@H](Cl)[C@H](O)CC(O)[C@@H](O)[C@H](O)[C@H](C)/C(Cl)=C/C=C/C=C(C)/C=C/C=C/C(=O)O[C@@H]1C[C@@H](C(=O)O)CC[C@@H]1O. The number of carbonyl (C=O) groups excluding carboxylic acids is 2. The Morgan fingerprint density at radius 3 is 2.23 bits per heavy atom. The van der Waals surface area contributed by atoms with Crippen LogP contribution >= 0.6 is 23.2 Å². The molecular formula is C33H47Cl2NO11. The van der Waals surface area contributed by atoms with Crippen molar-refractivity contribution in [2.45, 2.75) is 101 Å². The number of carbonyl (C=O) groups is 3. The second kappa shape index (κ2) is 21.8. The van der Waals surface area contributed by atoms with Gasteiger partial charge in [-0.3, -0.25) is 4.79 Å². The number of esters is 1. The van der Waals surface area contributed by atoms with Crippen LogP contribution < -0.4 is 5.73 Å². The second-order valence-corrected chi connectivity index (χ2v) is 12.2. The van der Waals surface area contributed by atoms with E-state index in [0.717, 1.165) is 5.57 Å². The summed E-state index contributed by atoms with van der Waals surface area (Å²) >= 11 is 12.5. The van der Waals surface area contributed by atoms with Gasteiger partial charge in [-0.1, -0.05) is 73.6 Å². The van der Waals surface area contributed by atoms with Crippen LogP contribution in [0.5, 0.6) is 0 Å². The highest BCUT2D eigenvalue weighted by Crippen LogP contribution is 2.28. The fourth-order valence-corrected chi connectivity index (χ4v) is 5.03. The lowest BCUT2D eigenvalue weighted by atomic mass is 9.85. The highest BCUT2D eigenvalue weighted by molar-refractivity contribution is 6.30. The quantitative estimate of drug-likeness (QED) is 0.0361. The lowest BCUT2D eigenvalue weighted by Gasteiger charge is -2.30.